The summed E-state index contributed by atoms with van der Waals surface area (Å²) in [4.78, 5) is 22.6. The molecule has 7 heteroatoms. The van der Waals surface area contributed by atoms with E-state index in [2.05, 4.69) is 48.2 Å². The number of aryl methyl sites for hydroxylation is 1. The molecule has 3 rings (SSSR count). The number of nitrogens with one attached hydrogen (secondary N) is 1. The van der Waals surface area contributed by atoms with Crippen LogP contribution in [0.25, 0.3) is 11.0 Å². The molecule has 0 aliphatic carbocycles. The topological polar surface area (TPSA) is 59.8 Å². The lowest BCUT2D eigenvalue weighted by atomic mass is 10.2. The Morgan fingerprint density at radius 3 is 2.56 bits per heavy atom. The highest BCUT2D eigenvalue weighted by atomic mass is 35.5. The lowest BCUT2D eigenvalue weighted by Crippen LogP contribution is -2.23. The van der Waals surface area contributed by atoms with E-state index in [1.807, 2.05) is 31.7 Å². The number of hydrogen-bond acceptors (Lipinski definition) is 5. The average molecular weight is 403 g/mol. The highest BCUT2D eigenvalue weighted by Gasteiger charge is 2.13. The minimum Gasteiger partial charge on any atom is -0.324 e. The van der Waals surface area contributed by atoms with Gasteiger partial charge in [-0.25, -0.2) is 4.98 Å². The van der Waals surface area contributed by atoms with Crippen LogP contribution in [0.1, 0.15) is 39.3 Å². The van der Waals surface area contributed by atoms with E-state index in [1.54, 1.807) is 16.8 Å². The standard InChI is InChI=1S/C20H23ClN4OS/c1-11(2)25-18-14(9-16(21)19(25)26)10-22-20(24-18)23-17-7-6-15(8-13(17)5)27-12(3)4/h6-12H,1-5H3,(H,22,23,24). The SMILES string of the molecule is Cc1cc(SC(C)C)ccc1Nc1ncc2cc(Cl)c(=O)n(C(C)C)c2n1. The highest BCUT2D eigenvalue weighted by molar-refractivity contribution is 7.99. The Morgan fingerprint density at radius 1 is 1.19 bits per heavy atom. The quantitative estimate of drug-likeness (QED) is 0.564. The Kier molecular flexibility index (Phi) is 5.77. The van der Waals surface area contributed by atoms with Gasteiger partial charge in [-0.3, -0.25) is 9.36 Å². The molecular weight excluding hydrogens is 380 g/mol. The molecular formula is C20H23ClN4OS. The molecule has 0 radical (unpaired) electrons. The van der Waals surface area contributed by atoms with Crippen molar-refractivity contribution in [3.8, 4) is 0 Å². The number of anilines is 2. The predicted octanol–water partition coefficient (Wildman–Crippen LogP) is 5.58. The Morgan fingerprint density at radius 2 is 1.93 bits per heavy atom. The molecule has 0 amide bonds. The predicted molar refractivity (Wildman–Crippen MR) is 115 cm³/mol. The maximum atomic E-state index is 12.4. The number of nitrogens with zero attached hydrogens (tertiary/aromatic N) is 3. The maximum Gasteiger partial charge on any atom is 0.271 e. The van der Waals surface area contributed by atoms with Gasteiger partial charge in [0.2, 0.25) is 5.95 Å². The number of fused-ring (bicyclic) bond motifs is 1. The molecule has 0 atom stereocenters. The molecule has 1 N–H and O–H groups in total. The summed E-state index contributed by atoms with van der Waals surface area (Å²) in [5, 5.41) is 4.71. The normalized spacial score (nSPS) is 11.6. The molecule has 0 unspecified atom stereocenters. The van der Waals surface area contributed by atoms with Crippen molar-refractivity contribution in [1.82, 2.24) is 14.5 Å². The van der Waals surface area contributed by atoms with Crippen molar-refractivity contribution in [1.29, 1.82) is 0 Å². The molecule has 0 saturated carbocycles. The fraction of sp³-hybridized carbons (Fsp3) is 0.350. The molecule has 2 aromatic heterocycles. The van der Waals surface area contributed by atoms with Gasteiger partial charge in [-0.2, -0.15) is 4.98 Å². The number of hydrogen-bond donors (Lipinski definition) is 1. The number of pyridine rings is 1. The zero-order chi connectivity index (χ0) is 19.7. The first kappa shape index (κ1) is 19.7. The molecule has 0 aliphatic heterocycles. The van der Waals surface area contributed by atoms with Crippen molar-refractivity contribution in [2.24, 2.45) is 0 Å². The van der Waals surface area contributed by atoms with Crippen LogP contribution in [-0.2, 0) is 0 Å². The summed E-state index contributed by atoms with van der Waals surface area (Å²) in [6, 6.07) is 7.83. The van der Waals surface area contributed by atoms with E-state index in [9.17, 15) is 4.79 Å². The van der Waals surface area contributed by atoms with Crippen LogP contribution < -0.4 is 10.9 Å². The third-order valence-corrected chi connectivity index (χ3v) is 5.33. The fourth-order valence-electron chi connectivity index (χ4n) is 2.87. The number of rotatable bonds is 5. The molecule has 2 heterocycles. The van der Waals surface area contributed by atoms with E-state index in [0.717, 1.165) is 16.6 Å². The van der Waals surface area contributed by atoms with E-state index < -0.39 is 0 Å². The van der Waals surface area contributed by atoms with Gasteiger partial charge in [0.25, 0.3) is 5.56 Å². The molecule has 142 valence electrons. The lowest BCUT2D eigenvalue weighted by molar-refractivity contribution is 0.595. The summed E-state index contributed by atoms with van der Waals surface area (Å²) in [6.45, 7) is 10.3. The van der Waals surface area contributed by atoms with Gasteiger partial charge in [-0.15, -0.1) is 11.8 Å². The van der Waals surface area contributed by atoms with Crippen LogP contribution in [0.4, 0.5) is 11.6 Å². The zero-order valence-corrected chi connectivity index (χ0v) is 17.6. The summed E-state index contributed by atoms with van der Waals surface area (Å²) in [5.41, 5.74) is 2.38. The smallest absolute Gasteiger partial charge is 0.271 e. The Hall–Kier alpha value is -2.05. The third kappa shape index (κ3) is 4.28. The van der Waals surface area contributed by atoms with Crippen molar-refractivity contribution < 1.29 is 0 Å². The minimum atomic E-state index is -0.241. The molecule has 0 spiro atoms. The zero-order valence-electron chi connectivity index (χ0n) is 16.1. The molecule has 3 aromatic rings. The molecule has 0 saturated heterocycles. The number of benzene rings is 1. The van der Waals surface area contributed by atoms with Gasteiger partial charge in [0, 0.05) is 33.5 Å². The average Bonchev–Trinajstić information content (AvgIpc) is 2.58. The van der Waals surface area contributed by atoms with E-state index in [0.29, 0.717) is 16.8 Å². The van der Waals surface area contributed by atoms with E-state index >= 15 is 0 Å². The van der Waals surface area contributed by atoms with Gasteiger partial charge in [0.15, 0.2) is 0 Å². The van der Waals surface area contributed by atoms with Gasteiger partial charge in [-0.05, 0) is 50.6 Å². The van der Waals surface area contributed by atoms with Gasteiger partial charge in [-0.1, -0.05) is 25.4 Å². The second-order valence-corrected chi connectivity index (χ2v) is 9.06. The first-order valence-corrected chi connectivity index (χ1v) is 10.1. The van der Waals surface area contributed by atoms with Crippen molar-refractivity contribution in [3.05, 3.63) is 51.4 Å². The van der Waals surface area contributed by atoms with E-state index in [-0.39, 0.29) is 16.6 Å². The summed E-state index contributed by atoms with van der Waals surface area (Å²) >= 11 is 7.90. The van der Waals surface area contributed by atoms with Crippen LogP contribution in [0, 0.1) is 6.92 Å². The second-order valence-electron chi connectivity index (χ2n) is 7.00. The molecule has 5 nitrogen and oxygen atoms in total. The van der Waals surface area contributed by atoms with Crippen molar-refractivity contribution in [2.45, 2.75) is 50.8 Å². The summed E-state index contributed by atoms with van der Waals surface area (Å²) < 4.78 is 1.60. The summed E-state index contributed by atoms with van der Waals surface area (Å²) in [5.74, 6) is 0.450. The molecule has 0 bridgehead atoms. The van der Waals surface area contributed by atoms with Crippen molar-refractivity contribution in [2.75, 3.05) is 5.32 Å². The first-order chi connectivity index (χ1) is 12.8. The van der Waals surface area contributed by atoms with Gasteiger partial charge < -0.3 is 5.32 Å². The summed E-state index contributed by atoms with van der Waals surface area (Å²) in [6.07, 6.45) is 1.69. The summed E-state index contributed by atoms with van der Waals surface area (Å²) in [7, 11) is 0. The van der Waals surface area contributed by atoms with Crippen LogP contribution in [-0.4, -0.2) is 19.8 Å². The van der Waals surface area contributed by atoms with E-state index in [4.69, 9.17) is 11.6 Å². The van der Waals surface area contributed by atoms with E-state index in [1.165, 1.54) is 4.90 Å². The molecule has 0 aliphatic rings. The van der Waals surface area contributed by atoms with Crippen LogP contribution in [0.5, 0.6) is 0 Å². The fourth-order valence-corrected chi connectivity index (χ4v) is 4.01. The number of aromatic nitrogens is 3. The monoisotopic (exact) mass is 402 g/mol. The minimum absolute atomic E-state index is 0.0597. The van der Waals surface area contributed by atoms with Crippen molar-refractivity contribution >= 4 is 46.0 Å². The number of halogens is 1. The Bertz CT molecular complexity index is 1050. The highest BCUT2D eigenvalue weighted by Crippen LogP contribution is 2.28. The van der Waals surface area contributed by atoms with Gasteiger partial charge >= 0.3 is 0 Å². The second kappa shape index (κ2) is 7.90. The van der Waals surface area contributed by atoms with Crippen LogP contribution in [0.3, 0.4) is 0 Å². The van der Waals surface area contributed by atoms with Crippen LogP contribution in [0.2, 0.25) is 5.02 Å². The van der Waals surface area contributed by atoms with Crippen LogP contribution >= 0.6 is 23.4 Å². The lowest BCUT2D eigenvalue weighted by Gasteiger charge is -2.15. The van der Waals surface area contributed by atoms with Crippen molar-refractivity contribution in [3.63, 3.8) is 0 Å². The van der Waals surface area contributed by atoms with Gasteiger partial charge in [0.1, 0.15) is 10.7 Å². The Balaban J connectivity index is 2.00. The third-order valence-electron chi connectivity index (χ3n) is 4.06. The first-order valence-electron chi connectivity index (χ1n) is 8.88. The Labute approximate surface area is 168 Å². The molecule has 0 fully saturated rings. The largest absolute Gasteiger partial charge is 0.324 e. The molecule has 27 heavy (non-hydrogen) atoms. The maximum absolute atomic E-state index is 12.4. The van der Waals surface area contributed by atoms with Crippen LogP contribution in [0.15, 0.2) is 40.2 Å². The molecule has 1 aromatic carbocycles. The van der Waals surface area contributed by atoms with Gasteiger partial charge in [0.05, 0.1) is 0 Å². The number of thioether (sulfide) groups is 1.